The van der Waals surface area contributed by atoms with E-state index in [4.69, 9.17) is 0 Å². The van der Waals surface area contributed by atoms with Crippen LogP contribution in [0.1, 0.15) is 41.7 Å². The van der Waals surface area contributed by atoms with Crippen molar-refractivity contribution in [2.45, 2.75) is 38.3 Å². The van der Waals surface area contributed by atoms with Gasteiger partial charge in [0, 0.05) is 24.3 Å². The van der Waals surface area contributed by atoms with Crippen molar-refractivity contribution in [3.05, 3.63) is 29.6 Å². The highest BCUT2D eigenvalue weighted by Gasteiger charge is 2.34. The predicted molar refractivity (Wildman–Crippen MR) is 56.4 cm³/mol. The highest BCUT2D eigenvalue weighted by atomic mass is 16.2. The first kappa shape index (κ1) is 8.89. The van der Waals surface area contributed by atoms with Crippen molar-refractivity contribution in [1.29, 1.82) is 0 Å². The summed E-state index contributed by atoms with van der Waals surface area (Å²) >= 11 is 0. The van der Waals surface area contributed by atoms with Crippen molar-refractivity contribution in [3.63, 3.8) is 0 Å². The Balaban J connectivity index is 1.89. The summed E-state index contributed by atoms with van der Waals surface area (Å²) in [6.45, 7) is 0.771. The van der Waals surface area contributed by atoms with Crippen molar-refractivity contribution < 1.29 is 4.79 Å². The van der Waals surface area contributed by atoms with Gasteiger partial charge in [0.25, 0.3) is 5.91 Å². The van der Waals surface area contributed by atoms with Crippen molar-refractivity contribution in [3.8, 4) is 0 Å². The van der Waals surface area contributed by atoms with Crippen molar-refractivity contribution in [2.24, 2.45) is 0 Å². The summed E-state index contributed by atoms with van der Waals surface area (Å²) in [6.07, 6.45) is 6.56. The minimum atomic E-state index is 0.137. The molecule has 3 heteroatoms. The molecule has 3 rings (SSSR count). The van der Waals surface area contributed by atoms with Gasteiger partial charge in [-0.15, -0.1) is 0 Å². The zero-order chi connectivity index (χ0) is 10.3. The average molecular weight is 202 g/mol. The van der Waals surface area contributed by atoms with E-state index in [1.54, 1.807) is 6.20 Å². The van der Waals surface area contributed by atoms with Gasteiger partial charge in [0.05, 0.1) is 0 Å². The third-order valence-corrected chi connectivity index (χ3v) is 3.46. The Morgan fingerprint density at radius 3 is 2.87 bits per heavy atom. The lowest BCUT2D eigenvalue weighted by Crippen LogP contribution is -2.33. The Hall–Kier alpha value is -1.38. The molecule has 0 aromatic carbocycles. The number of amides is 1. The lowest BCUT2D eigenvalue weighted by molar-refractivity contribution is 0.0703. The molecule has 1 aliphatic heterocycles. The van der Waals surface area contributed by atoms with Crippen LogP contribution in [-0.2, 0) is 6.54 Å². The number of fused-ring (bicyclic) bond motifs is 1. The molecule has 15 heavy (non-hydrogen) atoms. The largest absolute Gasteiger partial charge is 0.330 e. The molecule has 0 saturated heterocycles. The van der Waals surface area contributed by atoms with Crippen LogP contribution >= 0.6 is 0 Å². The van der Waals surface area contributed by atoms with Gasteiger partial charge in [0.15, 0.2) is 0 Å². The standard InChI is InChI=1S/C12H14N2O/c15-12-11-9(4-3-7-13-11)8-14(12)10-5-1-2-6-10/h3-4,7,10H,1-2,5-6,8H2. The van der Waals surface area contributed by atoms with Crippen LogP contribution in [0.2, 0.25) is 0 Å². The molecule has 1 aliphatic carbocycles. The van der Waals surface area contributed by atoms with Gasteiger partial charge in [-0.05, 0) is 18.9 Å². The molecule has 1 saturated carbocycles. The van der Waals surface area contributed by atoms with Gasteiger partial charge < -0.3 is 4.90 Å². The number of rotatable bonds is 1. The molecule has 2 heterocycles. The van der Waals surface area contributed by atoms with Crippen LogP contribution in [-0.4, -0.2) is 21.8 Å². The summed E-state index contributed by atoms with van der Waals surface area (Å²) in [5.74, 6) is 0.137. The molecule has 3 nitrogen and oxygen atoms in total. The molecule has 1 amide bonds. The summed E-state index contributed by atoms with van der Waals surface area (Å²) < 4.78 is 0. The fraction of sp³-hybridized carbons (Fsp3) is 0.500. The first-order chi connectivity index (χ1) is 7.36. The first-order valence-electron chi connectivity index (χ1n) is 5.61. The number of carbonyl (C=O) groups is 1. The number of pyridine rings is 1. The second-order valence-corrected chi connectivity index (χ2v) is 4.38. The van der Waals surface area contributed by atoms with Crippen LogP contribution in [0, 0.1) is 0 Å². The van der Waals surface area contributed by atoms with Gasteiger partial charge in [0.2, 0.25) is 0 Å². The highest BCUT2D eigenvalue weighted by Crippen LogP contribution is 2.30. The molecule has 0 N–H and O–H groups in total. The molecule has 0 radical (unpaired) electrons. The van der Waals surface area contributed by atoms with Gasteiger partial charge in [-0.25, -0.2) is 0 Å². The zero-order valence-corrected chi connectivity index (χ0v) is 8.65. The Kier molecular flexibility index (Phi) is 1.97. The van der Waals surface area contributed by atoms with Crippen LogP contribution in [0.3, 0.4) is 0 Å². The molecule has 1 aromatic heterocycles. The molecule has 0 bridgehead atoms. The van der Waals surface area contributed by atoms with Crippen LogP contribution in [0.25, 0.3) is 0 Å². The Bertz CT molecular complexity index is 396. The normalized spacial score (nSPS) is 21.1. The van der Waals surface area contributed by atoms with Crippen LogP contribution < -0.4 is 0 Å². The Morgan fingerprint density at radius 2 is 2.13 bits per heavy atom. The third-order valence-electron chi connectivity index (χ3n) is 3.46. The van der Waals surface area contributed by atoms with Gasteiger partial charge in [0.1, 0.15) is 5.69 Å². The highest BCUT2D eigenvalue weighted by molar-refractivity contribution is 5.96. The molecule has 0 unspecified atom stereocenters. The predicted octanol–water partition coefficient (Wildman–Crippen LogP) is 1.98. The lowest BCUT2D eigenvalue weighted by atomic mass is 10.2. The van der Waals surface area contributed by atoms with Crippen LogP contribution in [0.5, 0.6) is 0 Å². The van der Waals surface area contributed by atoms with E-state index >= 15 is 0 Å². The SMILES string of the molecule is O=C1c2ncccc2CN1C1CCCC1. The minimum Gasteiger partial charge on any atom is -0.330 e. The van der Waals surface area contributed by atoms with Gasteiger partial charge in [-0.1, -0.05) is 18.9 Å². The Morgan fingerprint density at radius 1 is 1.33 bits per heavy atom. The van der Waals surface area contributed by atoms with E-state index in [0.717, 1.165) is 12.1 Å². The third kappa shape index (κ3) is 1.34. The molecular weight excluding hydrogens is 188 g/mol. The summed E-state index contributed by atoms with van der Waals surface area (Å²) in [6, 6.07) is 4.38. The second kappa shape index (κ2) is 3.33. The number of aromatic nitrogens is 1. The Labute approximate surface area is 89.1 Å². The van der Waals surface area contributed by atoms with Gasteiger partial charge in [-0.3, -0.25) is 9.78 Å². The van der Waals surface area contributed by atoms with E-state index in [1.807, 2.05) is 17.0 Å². The van der Waals surface area contributed by atoms with Crippen molar-refractivity contribution in [2.75, 3.05) is 0 Å². The summed E-state index contributed by atoms with van der Waals surface area (Å²) in [7, 11) is 0. The van der Waals surface area contributed by atoms with Gasteiger partial charge in [-0.2, -0.15) is 0 Å². The minimum absolute atomic E-state index is 0.137. The van der Waals surface area contributed by atoms with Crippen LogP contribution in [0.15, 0.2) is 18.3 Å². The molecule has 78 valence electrons. The molecule has 1 fully saturated rings. The molecule has 0 spiro atoms. The maximum Gasteiger partial charge on any atom is 0.273 e. The van der Waals surface area contributed by atoms with E-state index in [-0.39, 0.29) is 5.91 Å². The zero-order valence-electron chi connectivity index (χ0n) is 8.65. The van der Waals surface area contributed by atoms with E-state index in [9.17, 15) is 4.79 Å². The van der Waals surface area contributed by atoms with E-state index in [1.165, 1.54) is 25.7 Å². The first-order valence-corrected chi connectivity index (χ1v) is 5.61. The monoisotopic (exact) mass is 202 g/mol. The molecule has 0 atom stereocenters. The second-order valence-electron chi connectivity index (χ2n) is 4.38. The quantitative estimate of drug-likeness (QED) is 0.697. The van der Waals surface area contributed by atoms with Crippen molar-refractivity contribution >= 4 is 5.91 Å². The number of nitrogens with zero attached hydrogens (tertiary/aromatic N) is 2. The van der Waals surface area contributed by atoms with Crippen molar-refractivity contribution in [1.82, 2.24) is 9.88 Å². The summed E-state index contributed by atoms with van der Waals surface area (Å²) in [5.41, 5.74) is 1.76. The topological polar surface area (TPSA) is 33.2 Å². The maximum absolute atomic E-state index is 12.0. The number of hydrogen-bond donors (Lipinski definition) is 0. The van der Waals surface area contributed by atoms with Crippen LogP contribution in [0.4, 0.5) is 0 Å². The molecular formula is C12H14N2O. The van der Waals surface area contributed by atoms with Gasteiger partial charge >= 0.3 is 0 Å². The number of carbonyl (C=O) groups excluding carboxylic acids is 1. The van der Waals surface area contributed by atoms with E-state index < -0.39 is 0 Å². The van der Waals surface area contributed by atoms with E-state index in [0.29, 0.717) is 11.7 Å². The number of hydrogen-bond acceptors (Lipinski definition) is 2. The summed E-state index contributed by atoms with van der Waals surface area (Å²) in [5, 5.41) is 0. The summed E-state index contributed by atoms with van der Waals surface area (Å²) in [4.78, 5) is 18.2. The smallest absolute Gasteiger partial charge is 0.273 e. The van der Waals surface area contributed by atoms with E-state index in [2.05, 4.69) is 4.98 Å². The average Bonchev–Trinajstić information content (AvgIpc) is 2.87. The fourth-order valence-corrected chi connectivity index (χ4v) is 2.66. The maximum atomic E-state index is 12.0. The molecule has 1 aromatic rings. The lowest BCUT2D eigenvalue weighted by Gasteiger charge is -2.22. The molecule has 2 aliphatic rings. The fourth-order valence-electron chi connectivity index (χ4n) is 2.66.